The number of ether oxygens (including phenoxy) is 1. The first kappa shape index (κ1) is 12.5. The summed E-state index contributed by atoms with van der Waals surface area (Å²) < 4.78 is 17.7. The van der Waals surface area contributed by atoms with E-state index >= 15 is 0 Å². The van der Waals surface area contributed by atoms with E-state index in [0.29, 0.717) is 13.0 Å². The first-order chi connectivity index (χ1) is 8.63. The van der Waals surface area contributed by atoms with E-state index in [4.69, 9.17) is 0 Å². The molecule has 0 N–H and O–H groups in total. The Morgan fingerprint density at radius 1 is 1.44 bits per heavy atom. The second-order valence-corrected chi connectivity index (χ2v) is 4.19. The van der Waals surface area contributed by atoms with Gasteiger partial charge >= 0.3 is 5.97 Å². The summed E-state index contributed by atoms with van der Waals surface area (Å²) in [5.41, 5.74) is 0.255. The molecule has 0 aromatic heterocycles. The second kappa shape index (κ2) is 5.16. The van der Waals surface area contributed by atoms with Crippen molar-refractivity contribution < 1.29 is 18.7 Å². The van der Waals surface area contributed by atoms with Gasteiger partial charge in [0.25, 0.3) is 5.91 Å². The van der Waals surface area contributed by atoms with E-state index in [0.717, 1.165) is 6.42 Å². The average Bonchev–Trinajstić information content (AvgIpc) is 2.86. The highest BCUT2D eigenvalue weighted by molar-refractivity contribution is 5.97. The molecule has 1 aromatic rings. The third-order valence-electron chi connectivity index (χ3n) is 3.06. The molecule has 4 nitrogen and oxygen atoms in total. The van der Waals surface area contributed by atoms with Crippen molar-refractivity contribution in [2.24, 2.45) is 0 Å². The summed E-state index contributed by atoms with van der Waals surface area (Å²) in [4.78, 5) is 25.2. The van der Waals surface area contributed by atoms with Crippen molar-refractivity contribution in [2.45, 2.75) is 18.9 Å². The number of likely N-dealkylation sites (tertiary alicyclic amines) is 1. The van der Waals surface area contributed by atoms with Gasteiger partial charge in [-0.15, -0.1) is 0 Å². The van der Waals surface area contributed by atoms with Gasteiger partial charge in [0, 0.05) is 12.1 Å². The summed E-state index contributed by atoms with van der Waals surface area (Å²) >= 11 is 0. The van der Waals surface area contributed by atoms with Crippen LogP contribution in [0.1, 0.15) is 23.2 Å². The molecule has 0 aliphatic carbocycles. The Bertz CT molecular complexity index is 475. The Morgan fingerprint density at radius 2 is 2.22 bits per heavy atom. The van der Waals surface area contributed by atoms with Crippen LogP contribution >= 0.6 is 0 Å². The maximum absolute atomic E-state index is 13.1. The van der Waals surface area contributed by atoms with Gasteiger partial charge in [0.05, 0.1) is 7.11 Å². The third-order valence-corrected chi connectivity index (χ3v) is 3.06. The predicted molar refractivity (Wildman–Crippen MR) is 62.5 cm³/mol. The van der Waals surface area contributed by atoms with Gasteiger partial charge in [0.2, 0.25) is 0 Å². The van der Waals surface area contributed by atoms with Crippen LogP contribution in [0.4, 0.5) is 4.39 Å². The molecule has 0 bridgehead atoms. The van der Waals surface area contributed by atoms with Gasteiger partial charge in [-0.2, -0.15) is 0 Å². The number of carbonyl (C=O) groups is 2. The van der Waals surface area contributed by atoms with Crippen molar-refractivity contribution in [1.29, 1.82) is 0 Å². The Morgan fingerprint density at radius 3 is 2.89 bits per heavy atom. The Labute approximate surface area is 104 Å². The number of methoxy groups -OCH3 is 1. The number of amides is 1. The van der Waals surface area contributed by atoms with Gasteiger partial charge in [-0.05, 0) is 31.0 Å². The van der Waals surface area contributed by atoms with E-state index in [1.807, 2.05) is 0 Å². The Hall–Kier alpha value is -1.91. The molecule has 1 heterocycles. The van der Waals surface area contributed by atoms with Gasteiger partial charge in [0.1, 0.15) is 11.9 Å². The molecule has 1 aliphatic heterocycles. The van der Waals surface area contributed by atoms with E-state index in [1.54, 1.807) is 0 Å². The quantitative estimate of drug-likeness (QED) is 0.750. The molecule has 1 fully saturated rings. The molecule has 1 atom stereocenters. The van der Waals surface area contributed by atoms with Crippen molar-refractivity contribution in [2.75, 3.05) is 13.7 Å². The van der Waals surface area contributed by atoms with Crippen molar-refractivity contribution >= 4 is 11.9 Å². The number of hydrogen-bond donors (Lipinski definition) is 0. The van der Waals surface area contributed by atoms with E-state index < -0.39 is 17.8 Å². The summed E-state index contributed by atoms with van der Waals surface area (Å²) in [5.74, 6) is -1.21. The van der Waals surface area contributed by atoms with Crippen LogP contribution in [0, 0.1) is 5.82 Å². The summed E-state index contributed by atoms with van der Waals surface area (Å²) in [6.45, 7) is 0.495. The normalized spacial score (nSPS) is 18.8. The smallest absolute Gasteiger partial charge is 0.328 e. The van der Waals surface area contributed by atoms with Crippen molar-refractivity contribution in [3.8, 4) is 0 Å². The molecular weight excluding hydrogens is 237 g/mol. The first-order valence-corrected chi connectivity index (χ1v) is 5.78. The maximum atomic E-state index is 13.1. The fraction of sp³-hybridized carbons (Fsp3) is 0.385. The highest BCUT2D eigenvalue weighted by atomic mass is 19.1. The number of rotatable bonds is 2. The highest BCUT2D eigenvalue weighted by Gasteiger charge is 2.35. The van der Waals surface area contributed by atoms with E-state index in [9.17, 15) is 14.0 Å². The molecule has 5 heteroatoms. The molecule has 1 aliphatic rings. The minimum absolute atomic E-state index is 0.255. The van der Waals surface area contributed by atoms with E-state index in [-0.39, 0.29) is 11.5 Å². The van der Waals surface area contributed by atoms with Crippen LogP contribution in [0.25, 0.3) is 0 Å². The number of carbonyl (C=O) groups excluding carboxylic acids is 2. The molecule has 2 rings (SSSR count). The molecule has 1 saturated heterocycles. The van der Waals surface area contributed by atoms with Crippen LogP contribution in [0.2, 0.25) is 0 Å². The fourth-order valence-electron chi connectivity index (χ4n) is 2.18. The molecule has 0 saturated carbocycles. The second-order valence-electron chi connectivity index (χ2n) is 4.19. The number of halogens is 1. The number of esters is 1. The summed E-state index contributed by atoms with van der Waals surface area (Å²) in [6, 6.07) is 4.92. The Balaban J connectivity index is 2.20. The highest BCUT2D eigenvalue weighted by Crippen LogP contribution is 2.21. The van der Waals surface area contributed by atoms with E-state index in [2.05, 4.69) is 4.74 Å². The van der Waals surface area contributed by atoms with Gasteiger partial charge in [0.15, 0.2) is 0 Å². The largest absolute Gasteiger partial charge is 0.467 e. The maximum Gasteiger partial charge on any atom is 0.328 e. The predicted octanol–water partition coefficient (Wildman–Crippen LogP) is 1.60. The Kier molecular flexibility index (Phi) is 3.60. The van der Waals surface area contributed by atoms with Crippen LogP contribution in [0.3, 0.4) is 0 Å². The molecule has 0 radical (unpaired) electrons. The molecule has 18 heavy (non-hydrogen) atoms. The first-order valence-electron chi connectivity index (χ1n) is 5.78. The summed E-state index contributed by atoms with van der Waals surface area (Å²) in [6.07, 6.45) is 1.34. The number of nitrogens with zero attached hydrogens (tertiary/aromatic N) is 1. The van der Waals surface area contributed by atoms with Crippen molar-refractivity contribution in [1.82, 2.24) is 4.90 Å². The zero-order chi connectivity index (χ0) is 13.1. The lowest BCUT2D eigenvalue weighted by molar-refractivity contribution is -0.145. The van der Waals surface area contributed by atoms with Gasteiger partial charge in [-0.1, -0.05) is 6.07 Å². The molecule has 0 spiro atoms. The van der Waals surface area contributed by atoms with Crippen LogP contribution < -0.4 is 0 Å². The van der Waals surface area contributed by atoms with Crippen LogP contribution in [-0.4, -0.2) is 36.5 Å². The van der Waals surface area contributed by atoms with Crippen molar-refractivity contribution in [3.63, 3.8) is 0 Å². The van der Waals surface area contributed by atoms with Crippen LogP contribution in [0.5, 0.6) is 0 Å². The van der Waals surface area contributed by atoms with Crippen molar-refractivity contribution in [3.05, 3.63) is 35.6 Å². The monoisotopic (exact) mass is 251 g/mol. The standard InChI is InChI=1S/C13H14FNO3/c1-18-13(17)11-6-3-7-15(11)12(16)9-4-2-5-10(14)8-9/h2,4-5,8,11H,3,6-7H2,1H3/t11-/m0/s1. The van der Waals surface area contributed by atoms with E-state index in [1.165, 1.54) is 36.3 Å². The lowest BCUT2D eigenvalue weighted by Crippen LogP contribution is -2.41. The molecule has 1 amide bonds. The molecular formula is C13H14FNO3. The molecule has 0 unspecified atom stereocenters. The summed E-state index contributed by atoms with van der Waals surface area (Å²) in [7, 11) is 1.30. The lowest BCUT2D eigenvalue weighted by atomic mass is 10.1. The third kappa shape index (κ3) is 2.34. The molecule has 1 aromatic carbocycles. The average molecular weight is 251 g/mol. The topological polar surface area (TPSA) is 46.6 Å². The van der Waals surface area contributed by atoms with Crippen LogP contribution in [-0.2, 0) is 9.53 Å². The number of hydrogen-bond acceptors (Lipinski definition) is 3. The van der Waals surface area contributed by atoms with Gasteiger partial charge in [-0.25, -0.2) is 9.18 Å². The van der Waals surface area contributed by atoms with Crippen LogP contribution in [0.15, 0.2) is 24.3 Å². The summed E-state index contributed by atoms with van der Waals surface area (Å²) in [5, 5.41) is 0. The minimum Gasteiger partial charge on any atom is -0.467 e. The van der Waals surface area contributed by atoms with Gasteiger partial charge < -0.3 is 9.64 Å². The zero-order valence-corrected chi connectivity index (χ0v) is 10.1. The minimum atomic E-state index is -0.550. The lowest BCUT2D eigenvalue weighted by Gasteiger charge is -2.22. The zero-order valence-electron chi connectivity index (χ0n) is 10.1. The fourth-order valence-corrected chi connectivity index (χ4v) is 2.18. The molecule has 96 valence electrons. The van der Waals surface area contributed by atoms with Gasteiger partial charge in [-0.3, -0.25) is 4.79 Å². The SMILES string of the molecule is COC(=O)[C@@H]1CCCN1C(=O)c1cccc(F)c1. The number of benzene rings is 1.